The van der Waals surface area contributed by atoms with Gasteiger partial charge in [-0.1, -0.05) is 19.1 Å². The highest BCUT2D eigenvalue weighted by atomic mass is 79.9. The predicted octanol–water partition coefficient (Wildman–Crippen LogP) is 3.39. The number of para-hydroxylation sites is 1. The number of halogens is 1. The molecule has 0 unspecified atom stereocenters. The Bertz CT molecular complexity index is 789. The van der Waals surface area contributed by atoms with Gasteiger partial charge in [-0.05, 0) is 58.7 Å². The smallest absolute Gasteiger partial charge is 0.255 e. The zero-order valence-electron chi connectivity index (χ0n) is 12.5. The van der Waals surface area contributed by atoms with Gasteiger partial charge in [0.1, 0.15) is 0 Å². The number of carbonyl (C=O) groups is 1. The van der Waals surface area contributed by atoms with E-state index in [1.165, 1.54) is 24.3 Å². The van der Waals surface area contributed by atoms with Gasteiger partial charge in [0.2, 0.25) is 10.0 Å². The quantitative estimate of drug-likeness (QED) is 0.785. The summed E-state index contributed by atoms with van der Waals surface area (Å²) in [7, 11) is -3.52. The van der Waals surface area contributed by atoms with Crippen molar-refractivity contribution in [2.24, 2.45) is 0 Å². The topological polar surface area (TPSA) is 75.3 Å². The van der Waals surface area contributed by atoms with Gasteiger partial charge in [0.25, 0.3) is 5.91 Å². The molecule has 0 radical (unpaired) electrons. The van der Waals surface area contributed by atoms with Crippen LogP contribution in [0.5, 0.6) is 0 Å². The summed E-state index contributed by atoms with van der Waals surface area (Å²) < 4.78 is 27.2. The maximum absolute atomic E-state index is 12.2. The second kappa shape index (κ2) is 7.72. The molecule has 122 valence electrons. The summed E-state index contributed by atoms with van der Waals surface area (Å²) in [4.78, 5) is 12.3. The molecule has 0 heterocycles. The molecule has 0 atom stereocenters. The summed E-state index contributed by atoms with van der Waals surface area (Å²) in [5, 5.41) is 2.77. The lowest BCUT2D eigenvalue weighted by Gasteiger charge is -2.09. The van der Waals surface area contributed by atoms with Gasteiger partial charge < -0.3 is 5.32 Å². The Labute approximate surface area is 144 Å². The average Bonchev–Trinajstić information content (AvgIpc) is 2.55. The van der Waals surface area contributed by atoms with Crippen molar-refractivity contribution in [3.63, 3.8) is 0 Å². The molecule has 23 heavy (non-hydrogen) atoms. The minimum absolute atomic E-state index is 0.142. The molecule has 7 heteroatoms. The zero-order valence-corrected chi connectivity index (χ0v) is 14.9. The molecule has 0 aromatic heterocycles. The Hall–Kier alpha value is -1.70. The molecule has 0 aliphatic heterocycles. The minimum Gasteiger partial charge on any atom is -0.321 e. The van der Waals surface area contributed by atoms with E-state index in [1.54, 1.807) is 6.07 Å². The monoisotopic (exact) mass is 396 g/mol. The van der Waals surface area contributed by atoms with E-state index in [2.05, 4.69) is 26.0 Å². The molecule has 2 rings (SSSR count). The standard InChI is InChI=1S/C16H17BrN2O3S/c1-2-11-18-23(21,22)13-9-7-12(8-10-13)16(20)19-15-6-4-3-5-14(15)17/h3-10,18H,2,11H2,1H3,(H,19,20). The van der Waals surface area contributed by atoms with Crippen LogP contribution in [0.1, 0.15) is 23.7 Å². The molecule has 2 aromatic carbocycles. The predicted molar refractivity (Wildman–Crippen MR) is 94.0 cm³/mol. The van der Waals surface area contributed by atoms with E-state index in [4.69, 9.17) is 0 Å². The van der Waals surface area contributed by atoms with Crippen molar-refractivity contribution in [1.29, 1.82) is 0 Å². The fourth-order valence-electron chi connectivity index (χ4n) is 1.86. The van der Waals surface area contributed by atoms with Crippen LogP contribution in [0, 0.1) is 0 Å². The normalized spacial score (nSPS) is 11.2. The van der Waals surface area contributed by atoms with Crippen LogP contribution < -0.4 is 10.0 Å². The van der Waals surface area contributed by atoms with Crippen molar-refractivity contribution in [2.45, 2.75) is 18.2 Å². The van der Waals surface area contributed by atoms with Gasteiger partial charge >= 0.3 is 0 Å². The Balaban J connectivity index is 2.13. The van der Waals surface area contributed by atoms with Gasteiger partial charge in [0.15, 0.2) is 0 Å². The fourth-order valence-corrected chi connectivity index (χ4v) is 3.38. The first-order valence-corrected chi connectivity index (χ1v) is 9.37. The number of carbonyl (C=O) groups excluding carboxylic acids is 1. The molecule has 0 spiro atoms. The molecular formula is C16H17BrN2O3S. The molecule has 0 saturated carbocycles. The van der Waals surface area contributed by atoms with Crippen LogP contribution in [0.4, 0.5) is 5.69 Å². The summed E-state index contributed by atoms with van der Waals surface area (Å²) in [5.41, 5.74) is 1.04. The van der Waals surface area contributed by atoms with Crippen LogP contribution in [-0.4, -0.2) is 20.9 Å². The molecule has 2 N–H and O–H groups in total. The van der Waals surface area contributed by atoms with E-state index in [1.807, 2.05) is 25.1 Å². The van der Waals surface area contributed by atoms with Crippen molar-refractivity contribution >= 4 is 37.5 Å². The van der Waals surface area contributed by atoms with Crippen LogP contribution >= 0.6 is 15.9 Å². The van der Waals surface area contributed by atoms with E-state index >= 15 is 0 Å². The van der Waals surface area contributed by atoms with E-state index in [9.17, 15) is 13.2 Å². The highest BCUT2D eigenvalue weighted by Crippen LogP contribution is 2.22. The lowest BCUT2D eigenvalue weighted by molar-refractivity contribution is 0.102. The molecule has 0 saturated heterocycles. The van der Waals surface area contributed by atoms with Gasteiger partial charge in [-0.15, -0.1) is 0 Å². The number of hydrogen-bond donors (Lipinski definition) is 2. The summed E-state index contributed by atoms with van der Waals surface area (Å²) >= 11 is 3.36. The van der Waals surface area contributed by atoms with E-state index < -0.39 is 10.0 Å². The molecule has 0 aliphatic rings. The van der Waals surface area contributed by atoms with Crippen LogP contribution in [-0.2, 0) is 10.0 Å². The summed E-state index contributed by atoms with van der Waals surface area (Å²) in [6.45, 7) is 2.27. The molecule has 0 bridgehead atoms. The third-order valence-corrected chi connectivity index (χ3v) is 5.26. The zero-order chi connectivity index (χ0) is 16.9. The second-order valence-corrected chi connectivity index (χ2v) is 7.48. The van der Waals surface area contributed by atoms with Crippen LogP contribution in [0.2, 0.25) is 0 Å². The Morgan fingerprint density at radius 2 is 1.74 bits per heavy atom. The number of benzene rings is 2. The van der Waals surface area contributed by atoms with Crippen LogP contribution in [0.3, 0.4) is 0 Å². The Morgan fingerprint density at radius 1 is 1.09 bits per heavy atom. The maximum Gasteiger partial charge on any atom is 0.255 e. The van der Waals surface area contributed by atoms with Crippen LogP contribution in [0.15, 0.2) is 57.9 Å². The first-order chi connectivity index (χ1) is 10.9. The summed E-state index contributed by atoms with van der Waals surface area (Å²) in [5.74, 6) is -0.303. The highest BCUT2D eigenvalue weighted by molar-refractivity contribution is 9.10. The number of rotatable bonds is 6. The molecule has 0 aliphatic carbocycles. The number of anilines is 1. The molecular weight excluding hydrogens is 380 g/mol. The second-order valence-electron chi connectivity index (χ2n) is 4.86. The van der Waals surface area contributed by atoms with E-state index in [0.29, 0.717) is 24.2 Å². The lowest BCUT2D eigenvalue weighted by Crippen LogP contribution is -2.24. The Kier molecular flexibility index (Phi) is 5.92. The van der Waals surface area contributed by atoms with Crippen molar-refractivity contribution in [1.82, 2.24) is 4.72 Å². The van der Waals surface area contributed by atoms with Crippen molar-refractivity contribution in [2.75, 3.05) is 11.9 Å². The number of hydrogen-bond acceptors (Lipinski definition) is 3. The largest absolute Gasteiger partial charge is 0.321 e. The first-order valence-electron chi connectivity index (χ1n) is 7.09. The Morgan fingerprint density at radius 3 is 2.35 bits per heavy atom. The van der Waals surface area contributed by atoms with Crippen molar-refractivity contribution < 1.29 is 13.2 Å². The minimum atomic E-state index is -3.52. The fraction of sp³-hybridized carbons (Fsp3) is 0.188. The average molecular weight is 397 g/mol. The first kappa shape index (κ1) is 17.7. The molecule has 0 fully saturated rings. The number of sulfonamides is 1. The van der Waals surface area contributed by atoms with Gasteiger partial charge in [0.05, 0.1) is 10.6 Å². The van der Waals surface area contributed by atoms with Crippen LogP contribution in [0.25, 0.3) is 0 Å². The maximum atomic E-state index is 12.2. The highest BCUT2D eigenvalue weighted by Gasteiger charge is 2.14. The van der Waals surface area contributed by atoms with Gasteiger partial charge in [-0.3, -0.25) is 4.79 Å². The van der Waals surface area contributed by atoms with Gasteiger partial charge in [-0.2, -0.15) is 0 Å². The summed E-state index contributed by atoms with van der Waals surface area (Å²) in [6.07, 6.45) is 0.714. The number of amides is 1. The van der Waals surface area contributed by atoms with Crippen molar-refractivity contribution in [3.8, 4) is 0 Å². The molecule has 1 amide bonds. The van der Waals surface area contributed by atoms with E-state index in [-0.39, 0.29) is 10.8 Å². The molecule has 5 nitrogen and oxygen atoms in total. The number of nitrogens with one attached hydrogen (secondary N) is 2. The van der Waals surface area contributed by atoms with E-state index in [0.717, 1.165) is 4.47 Å². The lowest BCUT2D eigenvalue weighted by atomic mass is 10.2. The summed E-state index contributed by atoms with van der Waals surface area (Å²) in [6, 6.07) is 13.1. The molecule has 2 aromatic rings. The SMILES string of the molecule is CCCNS(=O)(=O)c1ccc(C(=O)Nc2ccccc2Br)cc1. The third kappa shape index (κ3) is 4.63. The van der Waals surface area contributed by atoms with Gasteiger partial charge in [-0.25, -0.2) is 13.1 Å². The van der Waals surface area contributed by atoms with Crippen molar-refractivity contribution in [3.05, 3.63) is 58.6 Å². The third-order valence-electron chi connectivity index (χ3n) is 3.09. The van der Waals surface area contributed by atoms with Gasteiger partial charge in [0, 0.05) is 16.6 Å².